The second-order valence-electron chi connectivity index (χ2n) is 5.60. The van der Waals surface area contributed by atoms with Gasteiger partial charge in [-0.3, -0.25) is 4.79 Å². The molecule has 3 rings (SSSR count). The van der Waals surface area contributed by atoms with Gasteiger partial charge in [0.05, 0.1) is 13.2 Å². The molecule has 3 saturated heterocycles. The second kappa shape index (κ2) is 7.69. The van der Waals surface area contributed by atoms with Crippen LogP contribution in [0.1, 0.15) is 40.5 Å². The molecule has 126 valence electrons. The molecule has 3 aliphatic rings. The van der Waals surface area contributed by atoms with Crippen molar-refractivity contribution >= 4 is 17.7 Å². The lowest BCUT2D eigenvalue weighted by molar-refractivity contribution is -0.344. The summed E-state index contributed by atoms with van der Waals surface area (Å²) in [5, 5.41) is 8.13. The number of aliphatic carboxylic acids is 1. The molecule has 2 unspecified atom stereocenters. The molecule has 3 heterocycles. The highest BCUT2D eigenvalue weighted by atomic mass is 16.8. The van der Waals surface area contributed by atoms with Gasteiger partial charge in [-0.15, -0.1) is 0 Å². The summed E-state index contributed by atoms with van der Waals surface area (Å²) in [6, 6.07) is 0. The molecule has 0 saturated carbocycles. The number of fused-ring (bicyclic) bond motifs is 3. The van der Waals surface area contributed by atoms with Gasteiger partial charge in [-0.1, -0.05) is 27.7 Å². The van der Waals surface area contributed by atoms with Crippen LogP contribution in [0.15, 0.2) is 0 Å². The molecular formula is C15H24O7. The zero-order chi connectivity index (χ0) is 16.9. The van der Waals surface area contributed by atoms with E-state index in [4.69, 9.17) is 19.3 Å². The number of esters is 1. The van der Waals surface area contributed by atoms with Crippen molar-refractivity contribution in [3.63, 3.8) is 0 Å². The van der Waals surface area contributed by atoms with E-state index in [1.165, 1.54) is 0 Å². The summed E-state index contributed by atoms with van der Waals surface area (Å²) in [7, 11) is 0. The number of carbonyl (C=O) groups is 3. The predicted molar refractivity (Wildman–Crippen MR) is 76.1 cm³/mol. The van der Waals surface area contributed by atoms with Crippen LogP contribution in [0, 0.1) is 11.8 Å². The van der Waals surface area contributed by atoms with Crippen molar-refractivity contribution in [2.45, 2.75) is 52.4 Å². The number of carboxylic acids is 1. The molecular weight excluding hydrogens is 292 g/mol. The fourth-order valence-electron chi connectivity index (χ4n) is 2.09. The highest BCUT2D eigenvalue weighted by Gasteiger charge is 2.55. The van der Waals surface area contributed by atoms with E-state index in [1.807, 2.05) is 13.8 Å². The Labute approximate surface area is 129 Å². The minimum atomic E-state index is -1.33. The third-order valence-electron chi connectivity index (χ3n) is 4.06. The first-order valence-electron chi connectivity index (χ1n) is 7.54. The Hall–Kier alpha value is -1.47. The van der Waals surface area contributed by atoms with Crippen molar-refractivity contribution in [3.05, 3.63) is 0 Å². The van der Waals surface area contributed by atoms with E-state index in [-0.39, 0.29) is 23.9 Å². The van der Waals surface area contributed by atoms with Gasteiger partial charge in [0.1, 0.15) is 6.10 Å². The topological polar surface area (TPSA) is 99.1 Å². The Morgan fingerprint density at radius 3 is 2.09 bits per heavy atom. The van der Waals surface area contributed by atoms with Crippen LogP contribution in [0.25, 0.3) is 0 Å². The van der Waals surface area contributed by atoms with Crippen molar-refractivity contribution < 1.29 is 33.7 Å². The third kappa shape index (κ3) is 3.84. The average molecular weight is 316 g/mol. The maximum Gasteiger partial charge on any atom is 0.372 e. The molecule has 0 aromatic carbocycles. The number of rotatable bonds is 5. The summed E-state index contributed by atoms with van der Waals surface area (Å²) in [6.07, 6.45) is 1.23. The lowest BCUT2D eigenvalue weighted by atomic mass is 9.95. The lowest BCUT2D eigenvalue weighted by Gasteiger charge is -2.46. The number of hydrogen-bond donors (Lipinski definition) is 1. The van der Waals surface area contributed by atoms with Crippen molar-refractivity contribution in [1.82, 2.24) is 0 Å². The minimum Gasteiger partial charge on any atom is -0.475 e. The summed E-state index contributed by atoms with van der Waals surface area (Å²) in [6.45, 7) is 8.27. The molecule has 7 nitrogen and oxygen atoms in total. The first-order chi connectivity index (χ1) is 10.3. The fourth-order valence-corrected chi connectivity index (χ4v) is 2.09. The number of ether oxygens (including phenoxy) is 3. The summed E-state index contributed by atoms with van der Waals surface area (Å²) in [4.78, 5) is 31.9. The highest BCUT2D eigenvalue weighted by molar-refractivity contribution is 6.33. The van der Waals surface area contributed by atoms with E-state index in [0.717, 1.165) is 6.42 Å². The molecule has 0 amide bonds. The molecule has 3 fully saturated rings. The molecule has 0 radical (unpaired) electrons. The summed E-state index contributed by atoms with van der Waals surface area (Å²) in [5.41, 5.74) is 0. The van der Waals surface area contributed by atoms with Crippen LogP contribution in [0.3, 0.4) is 0 Å². The molecule has 3 aliphatic heterocycles. The monoisotopic (exact) mass is 316 g/mol. The van der Waals surface area contributed by atoms with Crippen molar-refractivity contribution in [3.8, 4) is 0 Å². The Kier molecular flexibility index (Phi) is 6.49. The molecule has 2 bridgehead atoms. The zero-order valence-corrected chi connectivity index (χ0v) is 13.5. The van der Waals surface area contributed by atoms with E-state index in [9.17, 15) is 14.4 Å². The van der Waals surface area contributed by atoms with Crippen LogP contribution < -0.4 is 0 Å². The average Bonchev–Trinajstić information content (AvgIpc) is 2.54. The van der Waals surface area contributed by atoms with Crippen LogP contribution in [0.5, 0.6) is 0 Å². The number of ketones is 1. The van der Waals surface area contributed by atoms with Gasteiger partial charge in [0.15, 0.2) is 0 Å². The van der Waals surface area contributed by atoms with Gasteiger partial charge in [0, 0.05) is 11.8 Å². The molecule has 0 spiro atoms. The van der Waals surface area contributed by atoms with Crippen LogP contribution in [0.2, 0.25) is 0 Å². The summed E-state index contributed by atoms with van der Waals surface area (Å²) < 4.78 is 16.0. The zero-order valence-electron chi connectivity index (χ0n) is 13.5. The summed E-state index contributed by atoms with van der Waals surface area (Å²) >= 11 is 0. The van der Waals surface area contributed by atoms with Gasteiger partial charge < -0.3 is 19.3 Å². The Balaban J connectivity index is 0.000000239. The van der Waals surface area contributed by atoms with E-state index < -0.39 is 17.5 Å². The number of Topliss-reactive ketones (excluding diaryl/α,β-unsaturated/α-hetero) is 1. The third-order valence-corrected chi connectivity index (χ3v) is 4.06. The Morgan fingerprint density at radius 1 is 1.23 bits per heavy atom. The van der Waals surface area contributed by atoms with Gasteiger partial charge in [-0.25, -0.2) is 9.59 Å². The Bertz CT molecular complexity index is 424. The van der Waals surface area contributed by atoms with Gasteiger partial charge in [0.25, 0.3) is 5.79 Å². The largest absolute Gasteiger partial charge is 0.475 e. The van der Waals surface area contributed by atoms with Gasteiger partial charge in [-0.05, 0) is 12.8 Å². The molecule has 1 N–H and O–H groups in total. The second-order valence-corrected chi connectivity index (χ2v) is 5.60. The fraction of sp³-hybridized carbons (Fsp3) is 0.800. The van der Waals surface area contributed by atoms with Crippen molar-refractivity contribution in [1.29, 1.82) is 0 Å². The van der Waals surface area contributed by atoms with Gasteiger partial charge in [0.2, 0.25) is 5.78 Å². The minimum absolute atomic E-state index is 0.0428. The lowest BCUT2D eigenvalue weighted by Crippen LogP contribution is -2.63. The quantitative estimate of drug-likeness (QED) is 0.604. The van der Waals surface area contributed by atoms with Crippen molar-refractivity contribution in [2.75, 3.05) is 13.2 Å². The number of hydrogen-bond acceptors (Lipinski definition) is 6. The van der Waals surface area contributed by atoms with Crippen LogP contribution in [-0.4, -0.2) is 47.9 Å². The molecule has 0 aliphatic carbocycles. The number of carbonyl (C=O) groups excluding carboxylic acids is 2. The first-order valence-corrected chi connectivity index (χ1v) is 7.54. The smallest absolute Gasteiger partial charge is 0.372 e. The number of carboxylic acid groups (broad SMARTS) is 1. The van der Waals surface area contributed by atoms with E-state index in [2.05, 4.69) is 0 Å². The maximum atomic E-state index is 11.5. The molecule has 0 aromatic rings. The molecule has 0 aromatic heterocycles. The van der Waals surface area contributed by atoms with Crippen LogP contribution in [-0.2, 0) is 28.6 Å². The summed E-state index contributed by atoms with van der Waals surface area (Å²) in [5.74, 6) is -3.79. The predicted octanol–water partition coefficient (Wildman–Crippen LogP) is 1.39. The van der Waals surface area contributed by atoms with Gasteiger partial charge >= 0.3 is 11.9 Å². The first kappa shape index (κ1) is 18.6. The van der Waals surface area contributed by atoms with Gasteiger partial charge in [-0.2, -0.15) is 0 Å². The molecule has 22 heavy (non-hydrogen) atoms. The van der Waals surface area contributed by atoms with Crippen molar-refractivity contribution in [2.24, 2.45) is 11.8 Å². The Morgan fingerprint density at radius 2 is 1.77 bits per heavy atom. The maximum absolute atomic E-state index is 11.5. The standard InChI is InChI=1S/C9H14O4.C6H10O3/c1-3-6(2)9-8(10)13-7(4-11-9)5-12-9;1-3-4(2)5(7)6(8)9/h6-7H,3-5H2,1-2H3;4H,3H2,1-2H3,(H,8,9). The van der Waals surface area contributed by atoms with E-state index in [1.54, 1.807) is 13.8 Å². The SMILES string of the molecule is CCC(C)C(=O)C(=O)O.CCC(C)C12OCC(CO1)OC2=O. The molecule has 2 atom stereocenters. The van der Waals surface area contributed by atoms with E-state index >= 15 is 0 Å². The molecule has 7 heteroatoms. The van der Waals surface area contributed by atoms with Crippen LogP contribution >= 0.6 is 0 Å². The normalized spacial score (nSPS) is 28.9. The highest BCUT2D eigenvalue weighted by Crippen LogP contribution is 2.36. The van der Waals surface area contributed by atoms with E-state index in [0.29, 0.717) is 19.6 Å². The van der Waals surface area contributed by atoms with Crippen LogP contribution in [0.4, 0.5) is 0 Å².